The van der Waals surface area contributed by atoms with E-state index in [9.17, 15) is 0 Å². The smallest absolute Gasteiger partial charge is 0.239 e. The van der Waals surface area contributed by atoms with Crippen molar-refractivity contribution in [3.8, 4) is 0 Å². The van der Waals surface area contributed by atoms with Crippen molar-refractivity contribution >= 4 is 17.3 Å². The molecule has 0 aliphatic heterocycles. The van der Waals surface area contributed by atoms with Crippen LogP contribution >= 0.6 is 11.3 Å². The highest BCUT2D eigenvalue weighted by Gasteiger charge is 1.97. The molecule has 2 N–H and O–H groups in total. The van der Waals surface area contributed by atoms with E-state index in [4.69, 9.17) is 5.73 Å². The summed E-state index contributed by atoms with van der Waals surface area (Å²) in [5, 5.41) is 6.01. The molecular formula is C7H8N4S. The first-order chi connectivity index (χ1) is 5.84. The number of nitrogen functional groups attached to an aromatic ring is 1. The topological polar surface area (TPSA) is 56.7 Å². The van der Waals surface area contributed by atoms with Crippen LogP contribution in [0.5, 0.6) is 0 Å². The van der Waals surface area contributed by atoms with Gasteiger partial charge >= 0.3 is 0 Å². The van der Waals surface area contributed by atoms with E-state index >= 15 is 0 Å². The zero-order valence-electron chi connectivity index (χ0n) is 6.34. The van der Waals surface area contributed by atoms with Gasteiger partial charge in [-0.2, -0.15) is 0 Å². The van der Waals surface area contributed by atoms with Crippen LogP contribution in [-0.2, 0) is 6.54 Å². The monoisotopic (exact) mass is 180 g/mol. The molecule has 0 spiro atoms. The standard InChI is InChI=1S/C7H8N4S/c8-7-9-5-11(10-7)4-6-2-1-3-12-6/h1-3,5H,4H2,(H2,8,10). The molecule has 2 rings (SSSR count). The highest BCUT2D eigenvalue weighted by molar-refractivity contribution is 7.09. The molecule has 0 amide bonds. The van der Waals surface area contributed by atoms with Gasteiger partial charge in [0, 0.05) is 4.88 Å². The number of anilines is 1. The maximum absolute atomic E-state index is 5.37. The molecule has 4 nitrogen and oxygen atoms in total. The van der Waals surface area contributed by atoms with Gasteiger partial charge in [0.05, 0.1) is 6.54 Å². The van der Waals surface area contributed by atoms with E-state index in [1.54, 1.807) is 22.3 Å². The molecule has 0 aliphatic carbocycles. The number of rotatable bonds is 2. The molecule has 0 aromatic carbocycles. The fourth-order valence-corrected chi connectivity index (χ4v) is 1.64. The molecule has 0 atom stereocenters. The molecule has 0 fully saturated rings. The van der Waals surface area contributed by atoms with Gasteiger partial charge in [-0.25, -0.2) is 9.67 Å². The van der Waals surface area contributed by atoms with Crippen LogP contribution in [0.15, 0.2) is 23.8 Å². The van der Waals surface area contributed by atoms with Crippen LogP contribution in [0.1, 0.15) is 4.88 Å². The minimum atomic E-state index is 0.326. The van der Waals surface area contributed by atoms with E-state index in [-0.39, 0.29) is 0 Å². The van der Waals surface area contributed by atoms with Crippen LogP contribution in [-0.4, -0.2) is 14.8 Å². The zero-order chi connectivity index (χ0) is 8.39. The Morgan fingerprint density at radius 1 is 1.58 bits per heavy atom. The predicted octanol–water partition coefficient (Wildman–Crippen LogP) is 0.970. The lowest BCUT2D eigenvalue weighted by molar-refractivity contribution is 0.695. The van der Waals surface area contributed by atoms with Crippen molar-refractivity contribution in [2.75, 3.05) is 5.73 Å². The molecule has 0 radical (unpaired) electrons. The van der Waals surface area contributed by atoms with E-state index in [2.05, 4.69) is 16.1 Å². The molecule has 12 heavy (non-hydrogen) atoms. The van der Waals surface area contributed by atoms with Gasteiger partial charge in [-0.3, -0.25) is 0 Å². The molecule has 0 aliphatic rings. The summed E-state index contributed by atoms with van der Waals surface area (Å²) in [5.74, 6) is 0.326. The summed E-state index contributed by atoms with van der Waals surface area (Å²) in [6.45, 7) is 0.752. The second-order valence-electron chi connectivity index (χ2n) is 2.38. The van der Waals surface area contributed by atoms with Crippen LogP contribution in [0, 0.1) is 0 Å². The van der Waals surface area contributed by atoms with Crippen molar-refractivity contribution in [3.05, 3.63) is 28.7 Å². The van der Waals surface area contributed by atoms with Crippen molar-refractivity contribution in [2.24, 2.45) is 0 Å². The molecule has 2 aromatic heterocycles. The van der Waals surface area contributed by atoms with E-state index < -0.39 is 0 Å². The molecule has 0 bridgehead atoms. The lowest BCUT2D eigenvalue weighted by Crippen LogP contribution is -1.99. The predicted molar refractivity (Wildman–Crippen MR) is 47.9 cm³/mol. The Morgan fingerprint density at radius 3 is 3.08 bits per heavy atom. The first-order valence-electron chi connectivity index (χ1n) is 3.52. The van der Waals surface area contributed by atoms with Crippen molar-refractivity contribution in [1.29, 1.82) is 0 Å². The molecule has 2 heterocycles. The third-order valence-electron chi connectivity index (χ3n) is 1.45. The largest absolute Gasteiger partial charge is 0.367 e. The molecular weight excluding hydrogens is 172 g/mol. The Morgan fingerprint density at radius 2 is 2.50 bits per heavy atom. The highest BCUT2D eigenvalue weighted by Crippen LogP contribution is 2.09. The van der Waals surface area contributed by atoms with E-state index in [0.717, 1.165) is 6.54 Å². The number of thiophene rings is 1. The summed E-state index contributed by atoms with van der Waals surface area (Å²) in [6.07, 6.45) is 1.63. The Bertz CT molecular complexity index is 351. The normalized spacial score (nSPS) is 10.3. The average Bonchev–Trinajstić information content (AvgIpc) is 2.63. The van der Waals surface area contributed by atoms with Crippen LogP contribution in [0.2, 0.25) is 0 Å². The maximum Gasteiger partial charge on any atom is 0.239 e. The molecule has 2 aromatic rings. The summed E-state index contributed by atoms with van der Waals surface area (Å²) in [4.78, 5) is 5.08. The quantitative estimate of drug-likeness (QED) is 0.749. The van der Waals surface area contributed by atoms with Gasteiger partial charge < -0.3 is 5.73 Å². The van der Waals surface area contributed by atoms with Gasteiger partial charge in [0.1, 0.15) is 6.33 Å². The molecule has 5 heteroatoms. The number of nitrogens with zero attached hydrogens (tertiary/aromatic N) is 3. The van der Waals surface area contributed by atoms with Crippen LogP contribution in [0.25, 0.3) is 0 Å². The highest BCUT2D eigenvalue weighted by atomic mass is 32.1. The van der Waals surface area contributed by atoms with Crippen LogP contribution in [0.4, 0.5) is 5.95 Å². The summed E-state index contributed by atoms with van der Waals surface area (Å²) in [5.41, 5.74) is 5.37. The van der Waals surface area contributed by atoms with E-state index in [1.165, 1.54) is 4.88 Å². The van der Waals surface area contributed by atoms with Gasteiger partial charge in [-0.15, -0.1) is 16.4 Å². The minimum Gasteiger partial charge on any atom is -0.367 e. The Kier molecular flexibility index (Phi) is 1.79. The fourth-order valence-electron chi connectivity index (χ4n) is 0.947. The molecule has 0 unspecified atom stereocenters. The van der Waals surface area contributed by atoms with Crippen molar-refractivity contribution in [2.45, 2.75) is 6.54 Å². The van der Waals surface area contributed by atoms with E-state index in [1.807, 2.05) is 11.4 Å². The van der Waals surface area contributed by atoms with Gasteiger partial charge in [0.25, 0.3) is 0 Å². The molecule has 62 valence electrons. The fraction of sp³-hybridized carbons (Fsp3) is 0.143. The van der Waals surface area contributed by atoms with Crippen LogP contribution < -0.4 is 5.73 Å². The van der Waals surface area contributed by atoms with Gasteiger partial charge in [0.2, 0.25) is 5.95 Å². The van der Waals surface area contributed by atoms with Gasteiger partial charge in [0.15, 0.2) is 0 Å². The van der Waals surface area contributed by atoms with Gasteiger partial charge in [-0.05, 0) is 11.4 Å². The van der Waals surface area contributed by atoms with Crippen molar-refractivity contribution in [3.63, 3.8) is 0 Å². The molecule has 0 saturated carbocycles. The Hall–Kier alpha value is -1.36. The number of nitrogens with two attached hydrogens (primary N) is 1. The Labute approximate surface area is 73.7 Å². The number of hydrogen-bond donors (Lipinski definition) is 1. The second kappa shape index (κ2) is 2.94. The second-order valence-corrected chi connectivity index (χ2v) is 3.41. The first-order valence-corrected chi connectivity index (χ1v) is 4.40. The van der Waals surface area contributed by atoms with Gasteiger partial charge in [-0.1, -0.05) is 6.07 Å². The SMILES string of the molecule is Nc1ncn(Cc2cccs2)n1. The van der Waals surface area contributed by atoms with Crippen molar-refractivity contribution < 1.29 is 0 Å². The summed E-state index contributed by atoms with van der Waals surface area (Å²) >= 11 is 1.70. The van der Waals surface area contributed by atoms with Crippen LogP contribution in [0.3, 0.4) is 0 Å². The van der Waals surface area contributed by atoms with E-state index in [0.29, 0.717) is 5.95 Å². The average molecular weight is 180 g/mol. The lowest BCUT2D eigenvalue weighted by atomic mass is 10.5. The zero-order valence-corrected chi connectivity index (χ0v) is 7.16. The van der Waals surface area contributed by atoms with Crippen molar-refractivity contribution in [1.82, 2.24) is 14.8 Å². The minimum absolute atomic E-state index is 0.326. The summed E-state index contributed by atoms with van der Waals surface area (Å²) in [6, 6.07) is 4.07. The molecule has 0 saturated heterocycles. The Balaban J connectivity index is 2.14. The third-order valence-corrected chi connectivity index (χ3v) is 2.31. The first kappa shape index (κ1) is 7.30. The third kappa shape index (κ3) is 1.45. The lowest BCUT2D eigenvalue weighted by Gasteiger charge is -1.94. The summed E-state index contributed by atoms with van der Waals surface area (Å²) < 4.78 is 1.72. The number of hydrogen-bond acceptors (Lipinski definition) is 4. The summed E-state index contributed by atoms with van der Waals surface area (Å²) in [7, 11) is 0. The number of aromatic nitrogens is 3. The maximum atomic E-state index is 5.37.